The van der Waals surface area contributed by atoms with E-state index in [0.717, 1.165) is 25.7 Å². The van der Waals surface area contributed by atoms with Crippen LogP contribution in [0.2, 0.25) is 0 Å². The number of hydrogen-bond donors (Lipinski definition) is 1. The zero-order chi connectivity index (χ0) is 16.7. The Morgan fingerprint density at radius 3 is 2.68 bits per heavy atom. The van der Waals surface area contributed by atoms with Gasteiger partial charge in [0.2, 0.25) is 0 Å². The highest BCUT2D eigenvalue weighted by Crippen LogP contribution is 2.51. The molecule has 3 nitrogen and oxygen atoms in total. The predicted octanol–water partition coefficient (Wildman–Crippen LogP) is 3.50. The summed E-state index contributed by atoms with van der Waals surface area (Å²) in [6.45, 7) is 6.98. The molecule has 2 heterocycles. The molecule has 3 fully saturated rings. The highest BCUT2D eigenvalue weighted by atomic mass is 16.5. The van der Waals surface area contributed by atoms with E-state index in [1.807, 2.05) is 0 Å². The van der Waals surface area contributed by atoms with Gasteiger partial charge in [-0.05, 0) is 80.0 Å². The zero-order valence-corrected chi connectivity index (χ0v) is 15.4. The van der Waals surface area contributed by atoms with Gasteiger partial charge in [-0.1, -0.05) is 24.3 Å². The molecular formula is C22H32N2O. The van der Waals surface area contributed by atoms with Crippen LogP contribution in [0.3, 0.4) is 0 Å². The van der Waals surface area contributed by atoms with E-state index in [2.05, 4.69) is 34.5 Å². The highest BCUT2D eigenvalue weighted by Gasteiger charge is 2.45. The van der Waals surface area contributed by atoms with Crippen LogP contribution in [0.25, 0.3) is 0 Å². The van der Waals surface area contributed by atoms with Crippen molar-refractivity contribution in [2.24, 2.45) is 11.8 Å². The minimum absolute atomic E-state index is 0.431. The van der Waals surface area contributed by atoms with Gasteiger partial charge in [-0.25, -0.2) is 0 Å². The summed E-state index contributed by atoms with van der Waals surface area (Å²) in [6, 6.07) is 9.83. The molecule has 1 aromatic rings. The van der Waals surface area contributed by atoms with Crippen molar-refractivity contribution >= 4 is 0 Å². The van der Waals surface area contributed by atoms with Crippen LogP contribution in [0.4, 0.5) is 0 Å². The molecule has 136 valence electrons. The summed E-state index contributed by atoms with van der Waals surface area (Å²) in [6.07, 6.45) is 8.17. The smallest absolute Gasteiger partial charge is 0.0507 e. The van der Waals surface area contributed by atoms with E-state index < -0.39 is 0 Å². The number of nitrogens with one attached hydrogen (secondary N) is 1. The summed E-state index contributed by atoms with van der Waals surface area (Å²) in [5.41, 5.74) is 3.67. The van der Waals surface area contributed by atoms with Gasteiger partial charge in [-0.15, -0.1) is 0 Å². The Morgan fingerprint density at radius 2 is 1.92 bits per heavy atom. The number of benzene rings is 1. The molecule has 1 saturated carbocycles. The molecule has 0 unspecified atom stereocenters. The van der Waals surface area contributed by atoms with Crippen LogP contribution < -0.4 is 5.32 Å². The van der Waals surface area contributed by atoms with Gasteiger partial charge >= 0.3 is 0 Å². The van der Waals surface area contributed by atoms with Crippen molar-refractivity contribution in [2.45, 2.75) is 50.0 Å². The van der Waals surface area contributed by atoms with Crippen LogP contribution in [0.5, 0.6) is 0 Å². The van der Waals surface area contributed by atoms with Crippen LogP contribution in [0.15, 0.2) is 24.3 Å². The Balaban J connectivity index is 1.28. The topological polar surface area (TPSA) is 24.5 Å². The van der Waals surface area contributed by atoms with E-state index in [9.17, 15) is 0 Å². The van der Waals surface area contributed by atoms with Crippen LogP contribution in [0, 0.1) is 11.8 Å². The zero-order valence-electron chi connectivity index (χ0n) is 15.4. The Morgan fingerprint density at radius 1 is 1.08 bits per heavy atom. The SMILES string of the molecule is c1ccc2c(c1)[C@H](NC[C@H]1CCOC1)CC21CCN(CC2CC2)CC1. The molecular weight excluding hydrogens is 308 g/mol. The summed E-state index contributed by atoms with van der Waals surface area (Å²) in [7, 11) is 0. The highest BCUT2D eigenvalue weighted by molar-refractivity contribution is 5.42. The minimum atomic E-state index is 0.431. The molecule has 25 heavy (non-hydrogen) atoms. The quantitative estimate of drug-likeness (QED) is 0.888. The van der Waals surface area contributed by atoms with Crippen molar-refractivity contribution in [3.05, 3.63) is 35.4 Å². The second kappa shape index (κ2) is 6.68. The van der Waals surface area contributed by atoms with Crippen LogP contribution in [-0.4, -0.2) is 44.3 Å². The molecule has 1 aromatic carbocycles. The third-order valence-corrected chi connectivity index (χ3v) is 7.21. The number of fused-ring (bicyclic) bond motifs is 2. The van der Waals surface area contributed by atoms with Gasteiger partial charge < -0.3 is 15.0 Å². The van der Waals surface area contributed by atoms with Crippen molar-refractivity contribution < 1.29 is 4.74 Å². The van der Waals surface area contributed by atoms with Crippen LogP contribution in [-0.2, 0) is 10.2 Å². The summed E-state index contributed by atoms with van der Waals surface area (Å²) >= 11 is 0. The first kappa shape index (κ1) is 16.3. The number of hydrogen-bond acceptors (Lipinski definition) is 3. The van der Waals surface area contributed by atoms with E-state index in [-0.39, 0.29) is 0 Å². The summed E-state index contributed by atoms with van der Waals surface area (Å²) in [5.74, 6) is 1.73. The molecule has 2 aliphatic heterocycles. The number of piperidine rings is 1. The molecule has 3 heteroatoms. The van der Waals surface area contributed by atoms with Crippen LogP contribution >= 0.6 is 0 Å². The van der Waals surface area contributed by atoms with E-state index in [4.69, 9.17) is 4.74 Å². The number of rotatable bonds is 5. The Kier molecular flexibility index (Phi) is 4.35. The van der Waals surface area contributed by atoms with Gasteiger partial charge in [-0.3, -0.25) is 0 Å². The average molecular weight is 341 g/mol. The molecule has 0 radical (unpaired) electrons. The molecule has 5 rings (SSSR count). The lowest BCUT2D eigenvalue weighted by Crippen LogP contribution is -2.42. The van der Waals surface area contributed by atoms with E-state index in [0.29, 0.717) is 17.4 Å². The molecule has 0 amide bonds. The second-order valence-electron chi connectivity index (χ2n) is 9.01. The standard InChI is InChI=1S/C22H32N2O/c1-2-4-20-19(3-1)21(23-14-18-7-12-25-16-18)13-22(20)8-10-24(11-9-22)15-17-5-6-17/h1-4,17-18,21,23H,5-16H2/t18-,21-/m1/s1. The van der Waals surface area contributed by atoms with Crippen molar-refractivity contribution in [1.29, 1.82) is 0 Å². The van der Waals surface area contributed by atoms with Crippen molar-refractivity contribution in [3.63, 3.8) is 0 Å². The van der Waals surface area contributed by atoms with Crippen molar-refractivity contribution in [3.8, 4) is 0 Å². The van der Waals surface area contributed by atoms with Gasteiger partial charge in [0.25, 0.3) is 0 Å². The Hall–Kier alpha value is -0.900. The molecule has 0 bridgehead atoms. The number of likely N-dealkylation sites (tertiary alicyclic amines) is 1. The molecule has 2 aliphatic carbocycles. The first-order valence-corrected chi connectivity index (χ1v) is 10.5. The lowest BCUT2D eigenvalue weighted by atomic mass is 9.73. The second-order valence-corrected chi connectivity index (χ2v) is 9.01. The maximum atomic E-state index is 5.55. The van der Waals surface area contributed by atoms with Crippen molar-refractivity contribution in [2.75, 3.05) is 39.4 Å². The first-order valence-electron chi connectivity index (χ1n) is 10.5. The molecule has 1 N–H and O–H groups in total. The minimum Gasteiger partial charge on any atom is -0.381 e. The van der Waals surface area contributed by atoms with E-state index in [1.54, 1.807) is 11.1 Å². The summed E-state index contributed by atoms with van der Waals surface area (Å²) in [4.78, 5) is 2.74. The monoisotopic (exact) mass is 340 g/mol. The summed E-state index contributed by atoms with van der Waals surface area (Å²) < 4.78 is 5.55. The van der Waals surface area contributed by atoms with E-state index in [1.165, 1.54) is 58.2 Å². The van der Waals surface area contributed by atoms with Crippen molar-refractivity contribution in [1.82, 2.24) is 10.2 Å². The molecule has 4 aliphatic rings. The van der Waals surface area contributed by atoms with Gasteiger partial charge in [0.1, 0.15) is 0 Å². The molecule has 2 atom stereocenters. The molecule has 1 spiro atoms. The van der Waals surface area contributed by atoms with Gasteiger partial charge in [0.05, 0.1) is 6.61 Å². The Labute approximate surface area is 152 Å². The molecule has 0 aromatic heterocycles. The number of ether oxygens (including phenoxy) is 1. The van der Waals surface area contributed by atoms with Gasteiger partial charge in [0, 0.05) is 25.7 Å². The lowest BCUT2D eigenvalue weighted by molar-refractivity contribution is 0.147. The maximum absolute atomic E-state index is 5.55. The average Bonchev–Trinajstić information content (AvgIpc) is 3.21. The third-order valence-electron chi connectivity index (χ3n) is 7.21. The predicted molar refractivity (Wildman–Crippen MR) is 101 cm³/mol. The number of nitrogens with zero attached hydrogens (tertiary/aromatic N) is 1. The fourth-order valence-corrected chi connectivity index (χ4v) is 5.43. The largest absolute Gasteiger partial charge is 0.381 e. The van der Waals surface area contributed by atoms with Gasteiger partial charge in [0.15, 0.2) is 0 Å². The Bertz CT molecular complexity index is 598. The van der Waals surface area contributed by atoms with E-state index >= 15 is 0 Å². The first-order chi connectivity index (χ1) is 12.3. The van der Waals surface area contributed by atoms with Crippen LogP contribution in [0.1, 0.15) is 55.7 Å². The maximum Gasteiger partial charge on any atom is 0.0507 e. The third kappa shape index (κ3) is 3.27. The normalized spacial score (nSPS) is 31.5. The fourth-order valence-electron chi connectivity index (χ4n) is 5.43. The van der Waals surface area contributed by atoms with Gasteiger partial charge in [-0.2, -0.15) is 0 Å². The lowest BCUT2D eigenvalue weighted by Gasteiger charge is -2.40. The summed E-state index contributed by atoms with van der Waals surface area (Å²) in [5, 5.41) is 3.91. The fraction of sp³-hybridized carbons (Fsp3) is 0.727. The molecule has 2 saturated heterocycles.